The van der Waals surface area contributed by atoms with Gasteiger partial charge in [0, 0.05) is 24.8 Å². The molecule has 1 aromatic carbocycles. The molecule has 0 amide bonds. The van der Waals surface area contributed by atoms with Crippen LogP contribution in [0.25, 0.3) is 0 Å². The second-order valence-electron chi connectivity index (χ2n) is 5.96. The molecule has 106 valence electrons. The monoisotopic (exact) mass is 265 g/mol. The van der Waals surface area contributed by atoms with Crippen LogP contribution in [0.3, 0.4) is 0 Å². The molecule has 1 aromatic rings. The molecule has 2 rings (SSSR count). The average Bonchev–Trinajstić information content (AvgIpc) is 2.76. The lowest BCUT2D eigenvalue weighted by molar-refractivity contribution is 0.225. The van der Waals surface area contributed by atoms with E-state index in [1.807, 2.05) is 6.07 Å². The maximum absolute atomic E-state index is 9.41. The lowest BCUT2D eigenvalue weighted by atomic mass is 9.87. The summed E-state index contributed by atoms with van der Waals surface area (Å²) >= 11 is 0. The number of hydrogen-bond acceptors (Lipinski definition) is 4. The number of benzene rings is 1. The van der Waals surface area contributed by atoms with E-state index in [2.05, 4.69) is 19.2 Å². The Labute approximate surface area is 114 Å². The number of phenolic OH excluding ortho intramolecular Hbond substituents is 1. The van der Waals surface area contributed by atoms with Gasteiger partial charge in [-0.2, -0.15) is 0 Å². The number of aliphatic hydroxyl groups excluding tert-OH is 1. The number of ether oxygens (including phenoxy) is 1. The van der Waals surface area contributed by atoms with Crippen molar-refractivity contribution in [1.82, 2.24) is 5.32 Å². The topological polar surface area (TPSA) is 61.7 Å². The van der Waals surface area contributed by atoms with E-state index >= 15 is 0 Å². The predicted molar refractivity (Wildman–Crippen MR) is 74.4 cm³/mol. The van der Waals surface area contributed by atoms with Gasteiger partial charge < -0.3 is 20.3 Å². The molecule has 0 aromatic heterocycles. The van der Waals surface area contributed by atoms with Gasteiger partial charge in [0.05, 0.1) is 6.04 Å². The fraction of sp³-hybridized carbons (Fsp3) is 0.600. The van der Waals surface area contributed by atoms with Crippen molar-refractivity contribution in [1.29, 1.82) is 0 Å². The molecule has 1 aliphatic heterocycles. The first-order valence-electron chi connectivity index (χ1n) is 6.82. The van der Waals surface area contributed by atoms with Gasteiger partial charge in [-0.05, 0) is 30.4 Å². The predicted octanol–water partition coefficient (Wildman–Crippen LogP) is 2.21. The summed E-state index contributed by atoms with van der Waals surface area (Å²) in [6.07, 6.45) is 1.83. The summed E-state index contributed by atoms with van der Waals surface area (Å²) in [4.78, 5) is 0. The third-order valence-electron chi connectivity index (χ3n) is 3.62. The largest absolute Gasteiger partial charge is 0.508 e. The second kappa shape index (κ2) is 5.80. The Morgan fingerprint density at radius 2 is 2.21 bits per heavy atom. The van der Waals surface area contributed by atoms with E-state index in [0.717, 1.165) is 30.7 Å². The third kappa shape index (κ3) is 3.61. The van der Waals surface area contributed by atoms with Crippen LogP contribution in [0.15, 0.2) is 18.2 Å². The van der Waals surface area contributed by atoms with Gasteiger partial charge >= 0.3 is 0 Å². The normalized spacial score (nSPS) is 18.2. The smallest absolute Gasteiger partial charge is 0.127 e. The van der Waals surface area contributed by atoms with Crippen LogP contribution in [0, 0.1) is 5.41 Å². The molecule has 4 nitrogen and oxygen atoms in total. The van der Waals surface area contributed by atoms with Crippen LogP contribution in [0.2, 0.25) is 0 Å². The molecule has 0 saturated carbocycles. The zero-order chi connectivity index (χ0) is 13.9. The molecule has 0 bridgehead atoms. The first-order valence-corrected chi connectivity index (χ1v) is 6.82. The average molecular weight is 265 g/mol. The lowest BCUT2D eigenvalue weighted by Gasteiger charge is -2.26. The summed E-state index contributed by atoms with van der Waals surface area (Å²) in [7, 11) is 0. The molecule has 0 saturated heterocycles. The maximum atomic E-state index is 9.41. The van der Waals surface area contributed by atoms with E-state index in [4.69, 9.17) is 9.84 Å². The Bertz CT molecular complexity index is 431. The number of phenols is 1. The van der Waals surface area contributed by atoms with Gasteiger partial charge in [0.25, 0.3) is 0 Å². The highest BCUT2D eigenvalue weighted by Gasteiger charge is 2.26. The van der Waals surface area contributed by atoms with Crippen LogP contribution in [0.1, 0.15) is 38.3 Å². The lowest BCUT2D eigenvalue weighted by Crippen LogP contribution is -2.33. The van der Waals surface area contributed by atoms with E-state index in [9.17, 15) is 5.11 Å². The summed E-state index contributed by atoms with van der Waals surface area (Å²) in [5.74, 6) is 1.01. The van der Waals surface area contributed by atoms with Crippen LogP contribution in [0.4, 0.5) is 0 Å². The summed E-state index contributed by atoms with van der Waals surface area (Å²) < 4.78 is 5.58. The maximum Gasteiger partial charge on any atom is 0.127 e. The number of nitrogens with one attached hydrogen (secondary N) is 1. The first-order chi connectivity index (χ1) is 9.02. The van der Waals surface area contributed by atoms with Crippen LogP contribution in [0.5, 0.6) is 11.5 Å². The second-order valence-corrected chi connectivity index (χ2v) is 5.96. The van der Waals surface area contributed by atoms with Crippen molar-refractivity contribution in [2.45, 2.75) is 32.7 Å². The van der Waals surface area contributed by atoms with Gasteiger partial charge in [-0.25, -0.2) is 0 Å². The minimum Gasteiger partial charge on any atom is -0.508 e. The van der Waals surface area contributed by atoms with Gasteiger partial charge in [0.2, 0.25) is 0 Å². The van der Waals surface area contributed by atoms with Crippen LogP contribution in [-0.4, -0.2) is 30.0 Å². The van der Waals surface area contributed by atoms with Crippen molar-refractivity contribution in [3.63, 3.8) is 0 Å². The fourth-order valence-electron chi connectivity index (χ4n) is 2.41. The minimum atomic E-state index is 0.155. The highest BCUT2D eigenvalue weighted by Crippen LogP contribution is 2.35. The van der Waals surface area contributed by atoms with E-state index in [-0.39, 0.29) is 23.8 Å². The van der Waals surface area contributed by atoms with Gasteiger partial charge in [-0.3, -0.25) is 0 Å². The highest BCUT2D eigenvalue weighted by atomic mass is 16.5. The molecule has 0 fully saturated rings. The van der Waals surface area contributed by atoms with Gasteiger partial charge in [-0.1, -0.05) is 13.8 Å². The summed E-state index contributed by atoms with van der Waals surface area (Å²) in [6.45, 7) is 6.13. The number of rotatable bonds is 6. The van der Waals surface area contributed by atoms with Crippen LogP contribution in [-0.2, 0) is 0 Å². The molecular formula is C15H23NO3. The molecule has 0 radical (unpaired) electrons. The van der Waals surface area contributed by atoms with E-state index < -0.39 is 0 Å². The fourth-order valence-corrected chi connectivity index (χ4v) is 2.41. The highest BCUT2D eigenvalue weighted by molar-refractivity contribution is 5.44. The zero-order valence-electron chi connectivity index (χ0n) is 11.6. The summed E-state index contributed by atoms with van der Waals surface area (Å²) in [5.41, 5.74) is 1.26. The van der Waals surface area contributed by atoms with Crippen molar-refractivity contribution < 1.29 is 14.9 Å². The number of aliphatic hydroxyl groups is 1. The molecule has 3 N–H and O–H groups in total. The molecule has 19 heavy (non-hydrogen) atoms. The molecule has 4 heteroatoms. The standard InChI is InChI=1S/C15H23NO3/c1-15(2,6-3-7-17)10-16-13-9-19-14-8-11(18)4-5-12(13)14/h4-5,8,13,16-18H,3,6-7,9-10H2,1-2H3. The van der Waals surface area contributed by atoms with Crippen molar-refractivity contribution in [3.05, 3.63) is 23.8 Å². The molecular weight excluding hydrogens is 242 g/mol. The van der Waals surface area contributed by atoms with Crippen LogP contribution >= 0.6 is 0 Å². The Balaban J connectivity index is 1.92. The Hall–Kier alpha value is -1.26. The Morgan fingerprint density at radius 3 is 2.95 bits per heavy atom. The number of fused-ring (bicyclic) bond motifs is 1. The quantitative estimate of drug-likeness (QED) is 0.738. The van der Waals surface area contributed by atoms with Gasteiger partial charge in [0.1, 0.15) is 18.1 Å². The molecule has 1 unspecified atom stereocenters. The molecule has 1 heterocycles. The molecule has 1 aliphatic rings. The van der Waals surface area contributed by atoms with Gasteiger partial charge in [0.15, 0.2) is 0 Å². The van der Waals surface area contributed by atoms with Crippen molar-refractivity contribution in [2.24, 2.45) is 5.41 Å². The first kappa shape index (κ1) is 14.2. The summed E-state index contributed by atoms with van der Waals surface area (Å²) in [5, 5.41) is 21.8. The van der Waals surface area contributed by atoms with Crippen molar-refractivity contribution in [3.8, 4) is 11.5 Å². The zero-order valence-corrected chi connectivity index (χ0v) is 11.6. The summed E-state index contributed by atoms with van der Waals surface area (Å²) in [6, 6.07) is 5.45. The van der Waals surface area contributed by atoms with E-state index in [1.54, 1.807) is 12.1 Å². The Morgan fingerprint density at radius 1 is 1.42 bits per heavy atom. The molecule has 0 aliphatic carbocycles. The minimum absolute atomic E-state index is 0.155. The number of aromatic hydroxyl groups is 1. The number of hydrogen-bond donors (Lipinski definition) is 3. The SMILES string of the molecule is CC(C)(CCCO)CNC1COc2cc(O)ccc21. The van der Waals surface area contributed by atoms with E-state index in [0.29, 0.717) is 6.61 Å². The molecule has 0 spiro atoms. The Kier molecular flexibility index (Phi) is 4.32. The molecule has 1 atom stereocenters. The van der Waals surface area contributed by atoms with Crippen LogP contribution < -0.4 is 10.1 Å². The van der Waals surface area contributed by atoms with Crippen molar-refractivity contribution >= 4 is 0 Å². The third-order valence-corrected chi connectivity index (χ3v) is 3.62. The van der Waals surface area contributed by atoms with E-state index in [1.165, 1.54) is 0 Å². The van der Waals surface area contributed by atoms with Gasteiger partial charge in [-0.15, -0.1) is 0 Å². The van der Waals surface area contributed by atoms with Crippen molar-refractivity contribution in [2.75, 3.05) is 19.8 Å².